The molecule has 24 heavy (non-hydrogen) atoms. The molecule has 7 heteroatoms. The van der Waals surface area contributed by atoms with Gasteiger partial charge in [-0.05, 0) is 6.92 Å². The number of carbonyl (C=O) groups excluding carboxylic acids is 3. The summed E-state index contributed by atoms with van der Waals surface area (Å²) in [4.78, 5) is 37.1. The van der Waals surface area contributed by atoms with Crippen LogP contribution in [0.15, 0.2) is 40.9 Å². The van der Waals surface area contributed by atoms with Crippen LogP contribution in [0.1, 0.15) is 29.0 Å². The van der Waals surface area contributed by atoms with E-state index in [1.165, 1.54) is 11.9 Å². The highest BCUT2D eigenvalue weighted by Crippen LogP contribution is 2.08. The summed E-state index contributed by atoms with van der Waals surface area (Å²) in [6.45, 7) is 1.59. The number of nitrogens with zero attached hydrogens (tertiary/aromatic N) is 2. The molecule has 0 saturated heterocycles. The van der Waals surface area contributed by atoms with Crippen LogP contribution in [0.5, 0.6) is 0 Å². The lowest BCUT2D eigenvalue weighted by molar-refractivity contribution is -0.133. The van der Waals surface area contributed by atoms with Gasteiger partial charge >= 0.3 is 0 Å². The summed E-state index contributed by atoms with van der Waals surface area (Å²) >= 11 is 0. The average molecular weight is 329 g/mol. The molecule has 1 aromatic carbocycles. The van der Waals surface area contributed by atoms with Crippen molar-refractivity contribution in [2.45, 2.75) is 19.8 Å². The van der Waals surface area contributed by atoms with Gasteiger partial charge in [-0.3, -0.25) is 14.4 Å². The number of rotatable bonds is 7. The second-order valence-electron chi connectivity index (χ2n) is 5.41. The Morgan fingerprint density at radius 1 is 1.17 bits per heavy atom. The molecule has 0 unspecified atom stereocenters. The van der Waals surface area contributed by atoms with Crippen molar-refractivity contribution in [1.82, 2.24) is 10.1 Å². The molecule has 2 amide bonds. The first-order valence-corrected chi connectivity index (χ1v) is 7.51. The highest BCUT2D eigenvalue weighted by Gasteiger charge is 2.16. The van der Waals surface area contributed by atoms with Crippen molar-refractivity contribution in [2.24, 2.45) is 0 Å². The summed E-state index contributed by atoms with van der Waals surface area (Å²) in [6, 6.07) is 10.4. The van der Waals surface area contributed by atoms with E-state index in [0.717, 1.165) is 0 Å². The first kappa shape index (κ1) is 17.4. The maximum absolute atomic E-state index is 12.0. The molecule has 7 nitrogen and oxygen atoms in total. The topological polar surface area (TPSA) is 92.5 Å². The minimum absolute atomic E-state index is 0.0561. The fourth-order valence-electron chi connectivity index (χ4n) is 2.09. The Labute approximate surface area is 139 Å². The first-order chi connectivity index (χ1) is 11.5. The Balaban J connectivity index is 1.77. The van der Waals surface area contributed by atoms with Crippen LogP contribution in [0.25, 0.3) is 0 Å². The lowest BCUT2D eigenvalue weighted by Gasteiger charge is -2.16. The molecule has 0 atom stereocenters. The minimum Gasteiger partial charge on any atom is -0.360 e. The molecule has 0 aliphatic rings. The van der Waals surface area contributed by atoms with Gasteiger partial charge < -0.3 is 14.7 Å². The van der Waals surface area contributed by atoms with Crippen LogP contribution < -0.4 is 5.32 Å². The predicted octanol–water partition coefficient (Wildman–Crippen LogP) is 2.04. The van der Waals surface area contributed by atoms with Gasteiger partial charge in [0.1, 0.15) is 5.76 Å². The highest BCUT2D eigenvalue weighted by atomic mass is 16.5. The van der Waals surface area contributed by atoms with Gasteiger partial charge in [-0.1, -0.05) is 35.5 Å². The minimum atomic E-state index is -0.381. The van der Waals surface area contributed by atoms with E-state index in [2.05, 4.69) is 10.5 Å². The molecule has 1 aromatic heterocycles. The molecule has 0 aliphatic carbocycles. The van der Waals surface area contributed by atoms with Gasteiger partial charge in [0.05, 0.1) is 6.54 Å². The van der Waals surface area contributed by atoms with Crippen LogP contribution >= 0.6 is 0 Å². The molecule has 0 bridgehead atoms. The van der Waals surface area contributed by atoms with Crippen molar-refractivity contribution in [1.29, 1.82) is 0 Å². The van der Waals surface area contributed by atoms with E-state index >= 15 is 0 Å². The van der Waals surface area contributed by atoms with Gasteiger partial charge in [-0.25, -0.2) is 0 Å². The summed E-state index contributed by atoms with van der Waals surface area (Å²) in [5.74, 6) is 0.130. The zero-order valence-corrected chi connectivity index (χ0v) is 13.6. The Kier molecular flexibility index (Phi) is 5.83. The third kappa shape index (κ3) is 5.05. The Morgan fingerprint density at radius 2 is 1.88 bits per heavy atom. The molecule has 2 aromatic rings. The lowest BCUT2D eigenvalue weighted by atomic mass is 10.1. The zero-order chi connectivity index (χ0) is 17.5. The number of anilines is 1. The molecule has 1 heterocycles. The number of carbonyl (C=O) groups is 3. The number of benzene rings is 1. The molecular weight excluding hydrogens is 310 g/mol. The van der Waals surface area contributed by atoms with E-state index < -0.39 is 0 Å². The molecule has 0 fully saturated rings. The smallest absolute Gasteiger partial charge is 0.245 e. The van der Waals surface area contributed by atoms with E-state index in [4.69, 9.17) is 4.52 Å². The maximum atomic E-state index is 12.0. The number of hydrogen-bond donors (Lipinski definition) is 1. The zero-order valence-electron chi connectivity index (χ0n) is 13.6. The quantitative estimate of drug-likeness (QED) is 0.785. The van der Waals surface area contributed by atoms with E-state index in [0.29, 0.717) is 17.1 Å². The van der Waals surface area contributed by atoms with Crippen molar-refractivity contribution >= 4 is 23.4 Å². The van der Waals surface area contributed by atoms with Crippen LogP contribution in [0, 0.1) is 6.92 Å². The summed E-state index contributed by atoms with van der Waals surface area (Å²) < 4.78 is 4.84. The van der Waals surface area contributed by atoms with Crippen molar-refractivity contribution in [2.75, 3.05) is 18.9 Å². The van der Waals surface area contributed by atoms with Gasteiger partial charge in [-0.2, -0.15) is 0 Å². The van der Waals surface area contributed by atoms with Crippen molar-refractivity contribution in [3.8, 4) is 0 Å². The Bertz CT molecular complexity index is 724. The summed E-state index contributed by atoms with van der Waals surface area (Å²) in [5, 5.41) is 6.18. The third-order valence-electron chi connectivity index (χ3n) is 3.36. The first-order valence-electron chi connectivity index (χ1n) is 7.51. The number of amides is 2. The van der Waals surface area contributed by atoms with Crippen molar-refractivity contribution < 1.29 is 18.9 Å². The predicted molar refractivity (Wildman–Crippen MR) is 87.5 cm³/mol. The Morgan fingerprint density at radius 3 is 2.50 bits per heavy atom. The van der Waals surface area contributed by atoms with Crippen LogP contribution in [-0.2, 0) is 9.59 Å². The molecule has 0 saturated carbocycles. The normalized spacial score (nSPS) is 10.2. The number of aromatic nitrogens is 1. The fourth-order valence-corrected chi connectivity index (χ4v) is 2.09. The van der Waals surface area contributed by atoms with Crippen LogP contribution in [-0.4, -0.2) is 41.2 Å². The highest BCUT2D eigenvalue weighted by molar-refractivity contribution is 5.98. The van der Waals surface area contributed by atoms with E-state index in [9.17, 15) is 14.4 Å². The van der Waals surface area contributed by atoms with Gasteiger partial charge in [0, 0.05) is 31.5 Å². The summed E-state index contributed by atoms with van der Waals surface area (Å²) in [5.41, 5.74) is 0.576. The monoisotopic (exact) mass is 329 g/mol. The summed E-state index contributed by atoms with van der Waals surface area (Å²) in [6.07, 6.45) is 0.165. The average Bonchev–Trinajstić information content (AvgIpc) is 2.97. The van der Waals surface area contributed by atoms with E-state index in [-0.39, 0.29) is 37.0 Å². The van der Waals surface area contributed by atoms with Gasteiger partial charge in [-0.15, -0.1) is 0 Å². The maximum Gasteiger partial charge on any atom is 0.245 e. The largest absolute Gasteiger partial charge is 0.360 e. The number of ketones is 1. The molecule has 0 radical (unpaired) electrons. The molecule has 1 N–H and O–H groups in total. The van der Waals surface area contributed by atoms with E-state index in [1.807, 2.05) is 6.07 Å². The van der Waals surface area contributed by atoms with Gasteiger partial charge in [0.15, 0.2) is 11.6 Å². The Hall–Kier alpha value is -2.96. The second kappa shape index (κ2) is 8.05. The SMILES string of the molecule is Cc1cc(NC(=O)CN(C)C(=O)CCC(=O)c2ccccc2)no1. The summed E-state index contributed by atoms with van der Waals surface area (Å²) in [7, 11) is 1.52. The number of Topliss-reactive ketones (excluding diaryl/α,β-unsaturated/α-hetero) is 1. The number of aryl methyl sites for hydroxylation is 1. The fraction of sp³-hybridized carbons (Fsp3) is 0.294. The molecule has 0 spiro atoms. The molecule has 126 valence electrons. The number of hydrogen-bond acceptors (Lipinski definition) is 5. The lowest BCUT2D eigenvalue weighted by Crippen LogP contribution is -2.35. The standard InChI is InChI=1S/C17H19N3O4/c1-12-10-15(19-24-12)18-16(22)11-20(2)17(23)9-8-14(21)13-6-4-3-5-7-13/h3-7,10H,8-9,11H2,1-2H3,(H,18,19,22). The van der Waals surface area contributed by atoms with Gasteiger partial charge in [0.25, 0.3) is 0 Å². The number of nitrogens with one attached hydrogen (secondary N) is 1. The van der Waals surface area contributed by atoms with Crippen molar-refractivity contribution in [3.05, 3.63) is 47.7 Å². The molecular formula is C17H19N3O4. The molecule has 0 aliphatic heterocycles. The third-order valence-corrected chi connectivity index (χ3v) is 3.36. The molecule has 2 rings (SSSR count). The van der Waals surface area contributed by atoms with E-state index in [1.54, 1.807) is 37.3 Å². The number of likely N-dealkylation sites (N-methyl/N-ethyl adjacent to an activating group) is 1. The van der Waals surface area contributed by atoms with Crippen LogP contribution in [0.3, 0.4) is 0 Å². The van der Waals surface area contributed by atoms with Crippen LogP contribution in [0.2, 0.25) is 0 Å². The van der Waals surface area contributed by atoms with Crippen LogP contribution in [0.4, 0.5) is 5.82 Å². The second-order valence-corrected chi connectivity index (χ2v) is 5.41. The van der Waals surface area contributed by atoms with Crippen molar-refractivity contribution in [3.63, 3.8) is 0 Å². The van der Waals surface area contributed by atoms with Gasteiger partial charge in [0.2, 0.25) is 11.8 Å².